The van der Waals surface area contributed by atoms with E-state index in [-0.39, 0.29) is 6.04 Å². The molecule has 1 atom stereocenters. The Labute approximate surface area is 104 Å². The number of hydrogen-bond donors (Lipinski definition) is 1. The molecule has 2 N–H and O–H groups in total. The van der Waals surface area contributed by atoms with Gasteiger partial charge in [0.2, 0.25) is 0 Å². The van der Waals surface area contributed by atoms with Gasteiger partial charge in [0.15, 0.2) is 11.5 Å². The maximum Gasteiger partial charge on any atom is 0.161 e. The van der Waals surface area contributed by atoms with Crippen LogP contribution in [0.3, 0.4) is 0 Å². The van der Waals surface area contributed by atoms with Crippen molar-refractivity contribution in [2.24, 2.45) is 5.73 Å². The van der Waals surface area contributed by atoms with E-state index in [0.717, 1.165) is 22.6 Å². The predicted octanol–water partition coefficient (Wildman–Crippen LogP) is 2.57. The highest BCUT2D eigenvalue weighted by Crippen LogP contribution is 2.33. The molecule has 2 heterocycles. The van der Waals surface area contributed by atoms with E-state index in [1.54, 1.807) is 11.3 Å². The van der Waals surface area contributed by atoms with Gasteiger partial charge in [-0.1, -0.05) is 6.07 Å². The second-order valence-electron chi connectivity index (χ2n) is 3.94. The first-order valence-electron chi connectivity index (χ1n) is 5.52. The van der Waals surface area contributed by atoms with Crippen LogP contribution in [0.2, 0.25) is 0 Å². The monoisotopic (exact) mass is 247 g/mol. The maximum absolute atomic E-state index is 6.20. The van der Waals surface area contributed by atoms with E-state index in [4.69, 9.17) is 15.2 Å². The van der Waals surface area contributed by atoms with Crippen LogP contribution in [0.25, 0.3) is 0 Å². The fourth-order valence-electron chi connectivity index (χ4n) is 1.90. The summed E-state index contributed by atoms with van der Waals surface area (Å²) in [5.41, 5.74) is 8.38. The number of thiophene rings is 1. The second-order valence-corrected chi connectivity index (χ2v) is 4.72. The maximum atomic E-state index is 6.20. The Morgan fingerprint density at radius 3 is 2.65 bits per heavy atom. The van der Waals surface area contributed by atoms with Gasteiger partial charge in [0.25, 0.3) is 0 Å². The molecule has 1 aliphatic heterocycles. The summed E-state index contributed by atoms with van der Waals surface area (Å²) >= 11 is 1.66. The summed E-state index contributed by atoms with van der Waals surface area (Å²) in [6, 6.07) is 7.84. The van der Waals surface area contributed by atoms with Crippen molar-refractivity contribution < 1.29 is 9.47 Å². The SMILES string of the molecule is N[C@H](c1ccsc1)c1ccc2c(c1)OCCO2. The van der Waals surface area contributed by atoms with Gasteiger partial charge < -0.3 is 15.2 Å². The summed E-state index contributed by atoms with van der Waals surface area (Å²) in [5, 5.41) is 4.11. The standard InChI is InChI=1S/C13H13NO2S/c14-13(10-3-6-17-8-10)9-1-2-11-12(7-9)16-5-4-15-11/h1-3,6-8,13H,4-5,14H2/t13-/m0/s1. The molecule has 3 rings (SSSR count). The first kappa shape index (κ1) is 10.6. The number of rotatable bonds is 2. The summed E-state index contributed by atoms with van der Waals surface area (Å²) in [7, 11) is 0. The van der Waals surface area contributed by atoms with Gasteiger partial charge >= 0.3 is 0 Å². The molecule has 0 spiro atoms. The largest absolute Gasteiger partial charge is 0.486 e. The lowest BCUT2D eigenvalue weighted by atomic mass is 10.0. The minimum absolute atomic E-state index is 0.0999. The molecule has 0 radical (unpaired) electrons. The number of ether oxygens (including phenoxy) is 2. The molecule has 0 saturated carbocycles. The van der Waals surface area contributed by atoms with Crippen molar-refractivity contribution in [3.8, 4) is 11.5 Å². The summed E-state index contributed by atoms with van der Waals surface area (Å²) in [6.45, 7) is 1.22. The predicted molar refractivity (Wildman–Crippen MR) is 67.8 cm³/mol. The minimum atomic E-state index is -0.0999. The quantitative estimate of drug-likeness (QED) is 0.887. The smallest absolute Gasteiger partial charge is 0.161 e. The fraction of sp³-hybridized carbons (Fsp3) is 0.231. The van der Waals surface area contributed by atoms with Crippen molar-refractivity contribution >= 4 is 11.3 Å². The van der Waals surface area contributed by atoms with Crippen LogP contribution in [0.1, 0.15) is 17.2 Å². The normalized spacial score (nSPS) is 15.6. The third-order valence-corrected chi connectivity index (χ3v) is 3.53. The average molecular weight is 247 g/mol. The third kappa shape index (κ3) is 2.01. The molecule has 0 unspecified atom stereocenters. The molecule has 0 fully saturated rings. The Morgan fingerprint density at radius 2 is 1.88 bits per heavy atom. The Hall–Kier alpha value is -1.52. The molecule has 0 amide bonds. The minimum Gasteiger partial charge on any atom is -0.486 e. The fourth-order valence-corrected chi connectivity index (χ4v) is 2.59. The first-order valence-corrected chi connectivity index (χ1v) is 6.46. The summed E-state index contributed by atoms with van der Waals surface area (Å²) in [4.78, 5) is 0. The van der Waals surface area contributed by atoms with E-state index < -0.39 is 0 Å². The van der Waals surface area contributed by atoms with Gasteiger partial charge in [-0.3, -0.25) is 0 Å². The van der Waals surface area contributed by atoms with E-state index in [1.165, 1.54) is 0 Å². The first-order chi connectivity index (χ1) is 8.34. The average Bonchev–Trinajstić information content (AvgIpc) is 2.91. The van der Waals surface area contributed by atoms with Crippen LogP contribution in [0.5, 0.6) is 11.5 Å². The van der Waals surface area contributed by atoms with E-state index in [0.29, 0.717) is 13.2 Å². The zero-order valence-electron chi connectivity index (χ0n) is 9.26. The third-order valence-electron chi connectivity index (χ3n) is 2.83. The van der Waals surface area contributed by atoms with E-state index in [9.17, 15) is 0 Å². The zero-order chi connectivity index (χ0) is 11.7. The number of fused-ring (bicyclic) bond motifs is 1. The van der Waals surface area contributed by atoms with Gasteiger partial charge in [-0.2, -0.15) is 11.3 Å². The lowest BCUT2D eigenvalue weighted by molar-refractivity contribution is 0.171. The van der Waals surface area contributed by atoms with Gasteiger partial charge in [0, 0.05) is 0 Å². The van der Waals surface area contributed by atoms with Crippen molar-refractivity contribution in [2.75, 3.05) is 13.2 Å². The van der Waals surface area contributed by atoms with Gasteiger partial charge in [0.05, 0.1) is 6.04 Å². The van der Waals surface area contributed by atoms with Gasteiger partial charge in [-0.25, -0.2) is 0 Å². The van der Waals surface area contributed by atoms with Crippen LogP contribution in [-0.4, -0.2) is 13.2 Å². The Bertz CT molecular complexity index is 510. The highest BCUT2D eigenvalue weighted by Gasteiger charge is 2.15. The van der Waals surface area contributed by atoms with Crippen LogP contribution >= 0.6 is 11.3 Å². The van der Waals surface area contributed by atoms with Gasteiger partial charge in [0.1, 0.15) is 13.2 Å². The molecule has 1 aliphatic rings. The number of benzene rings is 1. The summed E-state index contributed by atoms with van der Waals surface area (Å²) < 4.78 is 11.0. The molecule has 88 valence electrons. The number of hydrogen-bond acceptors (Lipinski definition) is 4. The molecule has 2 aromatic rings. The lowest BCUT2D eigenvalue weighted by Crippen LogP contribution is -2.17. The molecule has 17 heavy (non-hydrogen) atoms. The van der Waals surface area contributed by atoms with Crippen LogP contribution in [0.4, 0.5) is 0 Å². The van der Waals surface area contributed by atoms with Crippen molar-refractivity contribution in [3.05, 3.63) is 46.2 Å². The Kier molecular flexibility index (Phi) is 2.74. The summed E-state index contributed by atoms with van der Waals surface area (Å²) in [5.74, 6) is 1.59. The van der Waals surface area contributed by atoms with E-state index in [2.05, 4.69) is 5.38 Å². The molecule has 3 nitrogen and oxygen atoms in total. The second kappa shape index (κ2) is 4.39. The lowest BCUT2D eigenvalue weighted by Gasteiger charge is -2.20. The molecule has 0 saturated heterocycles. The van der Waals surface area contributed by atoms with E-state index >= 15 is 0 Å². The van der Waals surface area contributed by atoms with Gasteiger partial charge in [-0.15, -0.1) is 0 Å². The molecule has 0 aliphatic carbocycles. The molecule has 1 aromatic carbocycles. The van der Waals surface area contributed by atoms with Gasteiger partial charge in [-0.05, 0) is 40.1 Å². The Balaban J connectivity index is 1.93. The van der Waals surface area contributed by atoms with Crippen molar-refractivity contribution in [2.45, 2.75) is 6.04 Å². The van der Waals surface area contributed by atoms with E-state index in [1.807, 2.05) is 29.6 Å². The highest BCUT2D eigenvalue weighted by molar-refractivity contribution is 7.08. The number of nitrogens with two attached hydrogens (primary N) is 1. The Morgan fingerprint density at radius 1 is 1.06 bits per heavy atom. The molecular formula is C13H13NO2S. The van der Waals surface area contributed by atoms with Crippen molar-refractivity contribution in [3.63, 3.8) is 0 Å². The van der Waals surface area contributed by atoms with Crippen LogP contribution in [-0.2, 0) is 0 Å². The van der Waals surface area contributed by atoms with Crippen molar-refractivity contribution in [1.29, 1.82) is 0 Å². The molecule has 1 aromatic heterocycles. The molecular weight excluding hydrogens is 234 g/mol. The molecule has 0 bridgehead atoms. The summed E-state index contributed by atoms with van der Waals surface area (Å²) in [6.07, 6.45) is 0. The zero-order valence-corrected chi connectivity index (χ0v) is 10.1. The topological polar surface area (TPSA) is 44.5 Å². The van der Waals surface area contributed by atoms with Crippen LogP contribution in [0.15, 0.2) is 35.0 Å². The van der Waals surface area contributed by atoms with Crippen LogP contribution in [0, 0.1) is 0 Å². The molecule has 4 heteroatoms. The van der Waals surface area contributed by atoms with Crippen LogP contribution < -0.4 is 15.2 Å². The van der Waals surface area contributed by atoms with Crippen molar-refractivity contribution in [1.82, 2.24) is 0 Å². The highest BCUT2D eigenvalue weighted by atomic mass is 32.1.